The number of hydrogen-bond acceptors (Lipinski definition) is 3. The van der Waals surface area contributed by atoms with Crippen LogP contribution in [0.1, 0.15) is 21.7 Å². The maximum atomic E-state index is 12.1. The van der Waals surface area contributed by atoms with Crippen molar-refractivity contribution in [2.45, 2.75) is 6.92 Å². The Labute approximate surface area is 155 Å². The number of hydrogen-bond donors (Lipinski definition) is 1. The first-order chi connectivity index (χ1) is 12.0. The van der Waals surface area contributed by atoms with Crippen LogP contribution in [0.5, 0.6) is 0 Å². The van der Waals surface area contributed by atoms with Crippen LogP contribution < -0.4 is 5.43 Å². The van der Waals surface area contributed by atoms with Crippen LogP contribution >= 0.6 is 23.2 Å². The Morgan fingerprint density at radius 3 is 2.64 bits per heavy atom. The zero-order chi connectivity index (χ0) is 17.8. The van der Waals surface area contributed by atoms with E-state index >= 15 is 0 Å². The summed E-state index contributed by atoms with van der Waals surface area (Å²) in [6, 6.07) is 16.1. The Bertz CT molecular complexity index is 948. The van der Waals surface area contributed by atoms with Gasteiger partial charge in [-0.2, -0.15) is 5.10 Å². The lowest BCUT2D eigenvalue weighted by atomic mass is 10.1. The molecule has 4 nitrogen and oxygen atoms in total. The van der Waals surface area contributed by atoms with Crippen molar-refractivity contribution >= 4 is 35.3 Å². The summed E-state index contributed by atoms with van der Waals surface area (Å²) >= 11 is 11.9. The van der Waals surface area contributed by atoms with Gasteiger partial charge >= 0.3 is 0 Å². The van der Waals surface area contributed by atoms with Crippen molar-refractivity contribution in [3.05, 3.63) is 81.5 Å². The van der Waals surface area contributed by atoms with Gasteiger partial charge in [0.05, 0.1) is 16.3 Å². The molecule has 0 spiro atoms. The zero-order valence-corrected chi connectivity index (χ0v) is 14.8. The summed E-state index contributed by atoms with van der Waals surface area (Å²) in [5.41, 5.74) is 4.75. The monoisotopic (exact) mass is 372 g/mol. The van der Waals surface area contributed by atoms with Crippen molar-refractivity contribution in [1.82, 2.24) is 5.43 Å². The van der Waals surface area contributed by atoms with Gasteiger partial charge in [-0.15, -0.1) is 0 Å². The van der Waals surface area contributed by atoms with E-state index in [2.05, 4.69) is 10.5 Å². The number of amides is 1. The fourth-order valence-corrected chi connectivity index (χ4v) is 2.57. The highest BCUT2D eigenvalue weighted by Gasteiger charge is 2.08. The molecule has 6 heteroatoms. The summed E-state index contributed by atoms with van der Waals surface area (Å²) in [6.45, 7) is 1.87. The Morgan fingerprint density at radius 1 is 1.08 bits per heavy atom. The molecule has 1 aromatic heterocycles. The molecule has 0 aliphatic heterocycles. The largest absolute Gasteiger partial charge is 0.455 e. The molecule has 0 aliphatic carbocycles. The number of benzene rings is 2. The minimum atomic E-state index is -0.273. The Balaban J connectivity index is 1.69. The van der Waals surface area contributed by atoms with Gasteiger partial charge in [0.25, 0.3) is 5.91 Å². The third kappa shape index (κ3) is 4.10. The third-order valence-corrected chi connectivity index (χ3v) is 4.32. The average molecular weight is 373 g/mol. The van der Waals surface area contributed by atoms with E-state index in [-0.39, 0.29) is 5.91 Å². The van der Waals surface area contributed by atoms with E-state index in [9.17, 15) is 4.79 Å². The summed E-state index contributed by atoms with van der Waals surface area (Å²) in [6.07, 6.45) is 1.44. The van der Waals surface area contributed by atoms with Gasteiger partial charge in [-0.25, -0.2) is 5.43 Å². The lowest BCUT2D eigenvalue weighted by Gasteiger charge is -2.02. The number of carbonyl (C=O) groups excluding carboxylic acids is 1. The molecule has 0 unspecified atom stereocenters. The van der Waals surface area contributed by atoms with Crippen LogP contribution in [-0.4, -0.2) is 12.1 Å². The summed E-state index contributed by atoms with van der Waals surface area (Å²) in [5.74, 6) is 0.863. The number of nitrogens with one attached hydrogen (secondary N) is 1. The first-order valence-electron chi connectivity index (χ1n) is 7.49. The summed E-state index contributed by atoms with van der Waals surface area (Å²) in [7, 11) is 0. The molecule has 0 fully saturated rings. The van der Waals surface area contributed by atoms with Gasteiger partial charge in [-0.05, 0) is 48.9 Å². The SMILES string of the molecule is Cc1ccccc1C(=O)N/N=C/c1ccc(-c2ccc(Cl)c(Cl)c2)o1. The summed E-state index contributed by atoms with van der Waals surface area (Å²) in [4.78, 5) is 12.1. The molecule has 126 valence electrons. The first kappa shape index (κ1) is 17.3. The Morgan fingerprint density at radius 2 is 1.88 bits per heavy atom. The molecular weight excluding hydrogens is 359 g/mol. The number of hydrazone groups is 1. The van der Waals surface area contributed by atoms with Gasteiger partial charge in [0, 0.05) is 11.1 Å². The van der Waals surface area contributed by atoms with Crippen LogP contribution in [0.2, 0.25) is 10.0 Å². The minimum absolute atomic E-state index is 0.273. The van der Waals surface area contributed by atoms with Crippen molar-refractivity contribution in [1.29, 1.82) is 0 Å². The van der Waals surface area contributed by atoms with Crippen molar-refractivity contribution in [3.8, 4) is 11.3 Å². The second-order valence-electron chi connectivity index (χ2n) is 5.34. The van der Waals surface area contributed by atoms with Crippen molar-refractivity contribution in [2.75, 3.05) is 0 Å². The van der Waals surface area contributed by atoms with Gasteiger partial charge in [-0.1, -0.05) is 41.4 Å². The van der Waals surface area contributed by atoms with Crippen LogP contribution in [0.15, 0.2) is 64.1 Å². The average Bonchev–Trinajstić information content (AvgIpc) is 3.06. The third-order valence-electron chi connectivity index (χ3n) is 3.58. The van der Waals surface area contributed by atoms with E-state index in [1.54, 1.807) is 30.3 Å². The van der Waals surface area contributed by atoms with Gasteiger partial charge in [0.15, 0.2) is 0 Å². The number of carbonyl (C=O) groups is 1. The molecule has 3 rings (SSSR count). The number of halogens is 2. The highest BCUT2D eigenvalue weighted by atomic mass is 35.5. The van der Waals surface area contributed by atoms with E-state index in [1.165, 1.54) is 6.21 Å². The summed E-state index contributed by atoms with van der Waals surface area (Å²) in [5, 5.41) is 4.87. The van der Waals surface area contributed by atoms with Crippen molar-refractivity contribution < 1.29 is 9.21 Å². The molecule has 1 heterocycles. The molecule has 0 radical (unpaired) electrons. The fraction of sp³-hybridized carbons (Fsp3) is 0.0526. The standard InChI is InChI=1S/C19H14Cl2N2O2/c1-12-4-2-3-5-15(12)19(24)23-22-11-14-7-9-18(25-14)13-6-8-16(20)17(21)10-13/h2-11H,1H3,(H,23,24)/b22-11+. The quantitative estimate of drug-likeness (QED) is 0.497. The van der Waals surface area contributed by atoms with Crippen LogP contribution in [-0.2, 0) is 0 Å². The van der Waals surface area contributed by atoms with E-state index < -0.39 is 0 Å². The second kappa shape index (κ2) is 7.55. The van der Waals surface area contributed by atoms with Gasteiger partial charge in [0.2, 0.25) is 0 Å². The van der Waals surface area contributed by atoms with E-state index in [4.69, 9.17) is 27.6 Å². The van der Waals surface area contributed by atoms with Crippen LogP contribution in [0.3, 0.4) is 0 Å². The molecule has 0 saturated carbocycles. The highest BCUT2D eigenvalue weighted by molar-refractivity contribution is 6.42. The zero-order valence-electron chi connectivity index (χ0n) is 13.3. The normalized spacial score (nSPS) is 11.0. The number of furan rings is 1. The number of aryl methyl sites for hydroxylation is 1. The van der Waals surface area contributed by atoms with Crippen molar-refractivity contribution in [2.24, 2.45) is 5.10 Å². The van der Waals surface area contributed by atoms with Gasteiger partial charge in [0.1, 0.15) is 11.5 Å². The highest BCUT2D eigenvalue weighted by Crippen LogP contribution is 2.29. The van der Waals surface area contributed by atoms with Crippen LogP contribution in [0, 0.1) is 6.92 Å². The molecular formula is C19H14Cl2N2O2. The Kier molecular flexibility index (Phi) is 5.22. The lowest BCUT2D eigenvalue weighted by Crippen LogP contribution is -2.18. The number of rotatable bonds is 4. The fourth-order valence-electron chi connectivity index (χ4n) is 2.27. The molecule has 0 bridgehead atoms. The van der Waals surface area contributed by atoms with E-state index in [0.29, 0.717) is 27.1 Å². The smallest absolute Gasteiger partial charge is 0.271 e. The Hall–Kier alpha value is -2.56. The van der Waals surface area contributed by atoms with Crippen LogP contribution in [0.4, 0.5) is 0 Å². The van der Waals surface area contributed by atoms with Gasteiger partial charge in [-0.3, -0.25) is 4.79 Å². The van der Waals surface area contributed by atoms with E-state index in [0.717, 1.165) is 11.1 Å². The molecule has 1 amide bonds. The van der Waals surface area contributed by atoms with E-state index in [1.807, 2.05) is 31.2 Å². The first-order valence-corrected chi connectivity index (χ1v) is 8.24. The van der Waals surface area contributed by atoms with Crippen LogP contribution in [0.25, 0.3) is 11.3 Å². The molecule has 0 atom stereocenters. The topological polar surface area (TPSA) is 54.6 Å². The molecule has 0 saturated heterocycles. The minimum Gasteiger partial charge on any atom is -0.455 e. The molecule has 0 aliphatic rings. The second-order valence-corrected chi connectivity index (χ2v) is 6.16. The van der Waals surface area contributed by atoms with Gasteiger partial charge < -0.3 is 4.42 Å². The predicted octanol–water partition coefficient (Wildman–Crippen LogP) is 5.33. The number of nitrogens with zero attached hydrogens (tertiary/aromatic N) is 1. The molecule has 1 N–H and O–H groups in total. The van der Waals surface area contributed by atoms with Crippen molar-refractivity contribution in [3.63, 3.8) is 0 Å². The molecule has 25 heavy (non-hydrogen) atoms. The maximum absolute atomic E-state index is 12.1. The molecule has 2 aromatic carbocycles. The maximum Gasteiger partial charge on any atom is 0.271 e. The summed E-state index contributed by atoms with van der Waals surface area (Å²) < 4.78 is 5.67. The predicted molar refractivity (Wildman–Crippen MR) is 100 cm³/mol. The molecule has 3 aromatic rings. The lowest BCUT2D eigenvalue weighted by molar-refractivity contribution is 0.0954.